The third kappa shape index (κ3) is 3.23. The molecule has 1 aromatic heterocycles. The van der Waals surface area contributed by atoms with Gasteiger partial charge in [-0.05, 0) is 24.6 Å². The maximum atomic E-state index is 10.9. The first-order valence-electron chi connectivity index (χ1n) is 6.08. The molecule has 20 heavy (non-hydrogen) atoms. The Morgan fingerprint density at radius 3 is 2.85 bits per heavy atom. The van der Waals surface area contributed by atoms with E-state index < -0.39 is 0 Å². The van der Waals surface area contributed by atoms with Gasteiger partial charge in [0.05, 0.1) is 12.0 Å². The summed E-state index contributed by atoms with van der Waals surface area (Å²) in [6.45, 7) is 2.26. The Morgan fingerprint density at radius 1 is 1.35 bits per heavy atom. The molecule has 0 radical (unpaired) electrons. The van der Waals surface area contributed by atoms with Crippen molar-refractivity contribution in [3.63, 3.8) is 0 Å². The van der Waals surface area contributed by atoms with Crippen LogP contribution in [-0.2, 0) is 6.54 Å². The second-order valence-electron chi connectivity index (χ2n) is 4.32. The Bertz CT molecular complexity index is 629. The van der Waals surface area contributed by atoms with Gasteiger partial charge >= 0.3 is 0 Å². The number of nitrogens with zero attached hydrogens (tertiary/aromatic N) is 2. The van der Waals surface area contributed by atoms with E-state index in [1.807, 2.05) is 18.2 Å². The lowest BCUT2D eigenvalue weighted by Gasteiger charge is -2.08. The van der Waals surface area contributed by atoms with E-state index >= 15 is 0 Å². The highest BCUT2D eigenvalue weighted by Crippen LogP contribution is 2.22. The van der Waals surface area contributed by atoms with Crippen molar-refractivity contribution in [2.75, 3.05) is 12.4 Å². The van der Waals surface area contributed by atoms with E-state index in [1.54, 1.807) is 26.3 Å². The third-order valence-electron chi connectivity index (χ3n) is 2.91. The van der Waals surface area contributed by atoms with Gasteiger partial charge in [-0.15, -0.1) is 0 Å². The maximum absolute atomic E-state index is 10.9. The van der Waals surface area contributed by atoms with Gasteiger partial charge < -0.3 is 10.1 Å². The van der Waals surface area contributed by atoms with E-state index in [9.17, 15) is 10.1 Å². The van der Waals surface area contributed by atoms with E-state index in [0.717, 1.165) is 5.56 Å². The molecule has 0 spiro atoms. The molecule has 2 aromatic rings. The largest absolute Gasteiger partial charge is 0.481 e. The fraction of sp³-hybridized carbons (Fsp3) is 0.214. The van der Waals surface area contributed by atoms with Gasteiger partial charge in [0, 0.05) is 36.1 Å². The van der Waals surface area contributed by atoms with Crippen molar-refractivity contribution in [3.8, 4) is 5.88 Å². The number of aromatic nitrogens is 1. The first-order valence-corrected chi connectivity index (χ1v) is 6.08. The third-order valence-corrected chi connectivity index (χ3v) is 2.91. The lowest BCUT2D eigenvalue weighted by Crippen LogP contribution is -2.01. The van der Waals surface area contributed by atoms with Gasteiger partial charge in [-0.1, -0.05) is 6.07 Å². The highest BCUT2D eigenvalue weighted by atomic mass is 16.6. The van der Waals surface area contributed by atoms with E-state index in [2.05, 4.69) is 10.3 Å². The highest BCUT2D eigenvalue weighted by molar-refractivity contribution is 5.55. The number of rotatable bonds is 5. The van der Waals surface area contributed by atoms with E-state index in [4.69, 9.17) is 4.74 Å². The van der Waals surface area contributed by atoms with Gasteiger partial charge in [0.15, 0.2) is 0 Å². The molecular weight excluding hydrogens is 258 g/mol. The summed E-state index contributed by atoms with van der Waals surface area (Å²) in [5, 5.41) is 14.0. The number of anilines is 1. The molecule has 0 fully saturated rings. The highest BCUT2D eigenvalue weighted by Gasteiger charge is 2.10. The minimum absolute atomic E-state index is 0.113. The second-order valence-corrected chi connectivity index (χ2v) is 4.32. The Hall–Kier alpha value is -2.63. The van der Waals surface area contributed by atoms with E-state index in [0.29, 0.717) is 23.7 Å². The minimum Gasteiger partial charge on any atom is -0.481 e. The summed E-state index contributed by atoms with van der Waals surface area (Å²) in [6.07, 6.45) is 1.66. The average Bonchev–Trinajstić information content (AvgIpc) is 2.46. The maximum Gasteiger partial charge on any atom is 0.274 e. The summed E-state index contributed by atoms with van der Waals surface area (Å²) in [5.41, 5.74) is 2.45. The number of nitro benzene ring substituents is 1. The Kier molecular flexibility index (Phi) is 4.14. The van der Waals surface area contributed by atoms with Gasteiger partial charge in [0.2, 0.25) is 5.88 Å². The fourth-order valence-electron chi connectivity index (χ4n) is 1.79. The first-order chi connectivity index (χ1) is 9.60. The predicted octanol–water partition coefficient (Wildman–Crippen LogP) is 2.92. The number of methoxy groups -OCH3 is 1. The first kappa shape index (κ1) is 13.8. The van der Waals surface area contributed by atoms with Crippen LogP contribution in [0, 0.1) is 17.0 Å². The van der Waals surface area contributed by atoms with Crippen molar-refractivity contribution < 1.29 is 9.66 Å². The summed E-state index contributed by atoms with van der Waals surface area (Å²) in [7, 11) is 1.56. The molecule has 1 heterocycles. The van der Waals surface area contributed by atoms with Gasteiger partial charge in [-0.25, -0.2) is 4.98 Å². The van der Waals surface area contributed by atoms with Crippen LogP contribution in [0.4, 0.5) is 11.4 Å². The van der Waals surface area contributed by atoms with Crippen LogP contribution in [0.15, 0.2) is 36.5 Å². The smallest absolute Gasteiger partial charge is 0.274 e. The van der Waals surface area contributed by atoms with Crippen LogP contribution >= 0.6 is 0 Å². The van der Waals surface area contributed by atoms with Crippen LogP contribution in [0.5, 0.6) is 5.88 Å². The van der Waals surface area contributed by atoms with Crippen LogP contribution in [-0.4, -0.2) is 17.0 Å². The van der Waals surface area contributed by atoms with Crippen LogP contribution in [0.1, 0.15) is 11.1 Å². The minimum atomic E-state index is -0.379. The number of hydrogen-bond donors (Lipinski definition) is 1. The molecule has 1 aromatic carbocycles. The molecule has 0 unspecified atom stereocenters. The molecule has 1 N–H and O–H groups in total. The summed E-state index contributed by atoms with van der Waals surface area (Å²) in [5.74, 6) is 0.541. The normalized spacial score (nSPS) is 10.1. The number of hydrogen-bond acceptors (Lipinski definition) is 5. The van der Waals surface area contributed by atoms with Crippen molar-refractivity contribution in [3.05, 3.63) is 57.8 Å². The molecule has 0 atom stereocenters. The summed E-state index contributed by atoms with van der Waals surface area (Å²) in [6, 6.07) is 8.76. The summed E-state index contributed by atoms with van der Waals surface area (Å²) >= 11 is 0. The standard InChI is InChI=1S/C14H15N3O3/c1-10-3-4-12(8-13(10)17(18)19)16-9-11-5-6-15-14(7-11)20-2/h3-8,16H,9H2,1-2H3. The van der Waals surface area contributed by atoms with Gasteiger partial charge in [0.1, 0.15) is 0 Å². The number of nitro groups is 1. The second kappa shape index (κ2) is 6.01. The molecular formula is C14H15N3O3. The molecule has 0 aliphatic rings. The van der Waals surface area contributed by atoms with E-state index in [-0.39, 0.29) is 10.6 Å². The van der Waals surface area contributed by atoms with Crippen LogP contribution in [0.25, 0.3) is 0 Å². The lowest BCUT2D eigenvalue weighted by molar-refractivity contribution is -0.385. The molecule has 0 saturated heterocycles. The van der Waals surface area contributed by atoms with Crippen molar-refractivity contribution >= 4 is 11.4 Å². The van der Waals surface area contributed by atoms with Crippen molar-refractivity contribution in [1.82, 2.24) is 4.98 Å². The monoisotopic (exact) mass is 273 g/mol. The quantitative estimate of drug-likeness (QED) is 0.669. The number of pyridine rings is 1. The molecule has 0 amide bonds. The van der Waals surface area contributed by atoms with Gasteiger partial charge in [0.25, 0.3) is 5.69 Å². The summed E-state index contributed by atoms with van der Waals surface area (Å²) in [4.78, 5) is 14.5. The number of aryl methyl sites for hydroxylation is 1. The molecule has 6 heteroatoms. The van der Waals surface area contributed by atoms with Crippen LogP contribution < -0.4 is 10.1 Å². The van der Waals surface area contributed by atoms with Crippen LogP contribution in [0.3, 0.4) is 0 Å². The van der Waals surface area contributed by atoms with Crippen molar-refractivity contribution in [1.29, 1.82) is 0 Å². The Labute approximate surface area is 116 Å². The summed E-state index contributed by atoms with van der Waals surface area (Å²) < 4.78 is 5.04. The molecule has 0 aliphatic carbocycles. The topological polar surface area (TPSA) is 77.3 Å². The van der Waals surface area contributed by atoms with Crippen molar-refractivity contribution in [2.45, 2.75) is 13.5 Å². The Balaban J connectivity index is 2.10. The fourth-order valence-corrected chi connectivity index (χ4v) is 1.79. The number of benzene rings is 1. The number of ether oxygens (including phenoxy) is 1. The predicted molar refractivity (Wildman–Crippen MR) is 75.9 cm³/mol. The Morgan fingerprint density at radius 2 is 2.15 bits per heavy atom. The van der Waals surface area contributed by atoms with Crippen molar-refractivity contribution in [2.24, 2.45) is 0 Å². The van der Waals surface area contributed by atoms with Gasteiger partial charge in [-0.3, -0.25) is 10.1 Å². The number of nitrogens with one attached hydrogen (secondary N) is 1. The molecule has 0 aliphatic heterocycles. The molecule has 104 valence electrons. The SMILES string of the molecule is COc1cc(CNc2ccc(C)c([N+](=O)[O-])c2)ccn1. The zero-order chi connectivity index (χ0) is 14.5. The van der Waals surface area contributed by atoms with Gasteiger partial charge in [-0.2, -0.15) is 0 Å². The molecule has 2 rings (SSSR count). The van der Waals surface area contributed by atoms with E-state index in [1.165, 1.54) is 6.07 Å². The zero-order valence-corrected chi connectivity index (χ0v) is 11.3. The average molecular weight is 273 g/mol. The lowest BCUT2D eigenvalue weighted by atomic mass is 10.2. The molecule has 0 saturated carbocycles. The van der Waals surface area contributed by atoms with Crippen LogP contribution in [0.2, 0.25) is 0 Å². The molecule has 6 nitrogen and oxygen atoms in total. The molecule has 0 bridgehead atoms. The zero-order valence-electron chi connectivity index (χ0n) is 11.3.